The average molecular weight is 327 g/mol. The first-order chi connectivity index (χ1) is 11.6. The zero-order valence-electron chi connectivity index (χ0n) is 14.5. The van der Waals surface area contributed by atoms with E-state index in [9.17, 15) is 0 Å². The second-order valence-corrected chi connectivity index (χ2v) is 5.65. The number of aliphatic imine (C=N–C) groups is 1. The van der Waals surface area contributed by atoms with Gasteiger partial charge in [-0.1, -0.05) is 12.6 Å². The predicted octanol–water partition coefficient (Wildman–Crippen LogP) is 2.87. The quantitative estimate of drug-likeness (QED) is 0.420. The highest BCUT2D eigenvalue weighted by Crippen LogP contribution is 2.19. The van der Waals surface area contributed by atoms with E-state index in [2.05, 4.69) is 51.5 Å². The molecular weight excluding hydrogens is 302 g/mol. The highest BCUT2D eigenvalue weighted by atomic mass is 15.4. The Morgan fingerprint density at radius 3 is 3.00 bits per heavy atom. The molecule has 0 atom stereocenters. The van der Waals surface area contributed by atoms with Crippen LogP contribution in [0.2, 0.25) is 0 Å². The number of hydrazine groups is 1. The molecular formula is C17H25N7. The van der Waals surface area contributed by atoms with E-state index >= 15 is 0 Å². The summed E-state index contributed by atoms with van der Waals surface area (Å²) < 4.78 is 2.00. The summed E-state index contributed by atoms with van der Waals surface area (Å²) in [5.41, 5.74) is 8.03. The lowest BCUT2D eigenvalue weighted by Crippen LogP contribution is -2.23. The van der Waals surface area contributed by atoms with Gasteiger partial charge in [-0.2, -0.15) is 0 Å². The van der Waals surface area contributed by atoms with Gasteiger partial charge in [-0.15, -0.1) is 10.2 Å². The molecule has 0 spiro atoms. The summed E-state index contributed by atoms with van der Waals surface area (Å²) in [5, 5.41) is 8.16. The number of nitrogens with zero attached hydrogens (tertiary/aromatic N) is 5. The monoisotopic (exact) mass is 327 g/mol. The summed E-state index contributed by atoms with van der Waals surface area (Å²) in [6.07, 6.45) is 4.36. The average Bonchev–Trinajstić information content (AvgIpc) is 3.07. The maximum Gasteiger partial charge on any atom is 0.182 e. The van der Waals surface area contributed by atoms with Crippen LogP contribution in [0.4, 0.5) is 5.82 Å². The molecule has 2 aromatic rings. The van der Waals surface area contributed by atoms with Crippen molar-refractivity contribution in [2.75, 3.05) is 18.5 Å². The molecule has 0 aliphatic heterocycles. The van der Waals surface area contributed by atoms with E-state index in [-0.39, 0.29) is 6.04 Å². The number of hydrogen-bond acceptors (Lipinski definition) is 6. The maximum absolute atomic E-state index is 4.58. The third kappa shape index (κ3) is 4.99. The molecule has 0 aromatic carbocycles. The van der Waals surface area contributed by atoms with E-state index < -0.39 is 0 Å². The zero-order valence-corrected chi connectivity index (χ0v) is 14.5. The minimum atomic E-state index is 0.280. The molecule has 24 heavy (non-hydrogen) atoms. The first-order valence-corrected chi connectivity index (χ1v) is 8.15. The third-order valence-electron chi connectivity index (χ3n) is 3.35. The van der Waals surface area contributed by atoms with Gasteiger partial charge in [-0.25, -0.2) is 10.4 Å². The Bertz CT molecular complexity index is 688. The molecule has 2 heterocycles. The lowest BCUT2D eigenvalue weighted by molar-refractivity contribution is 0.603. The second kappa shape index (κ2) is 8.93. The minimum absolute atomic E-state index is 0.280. The van der Waals surface area contributed by atoms with E-state index in [4.69, 9.17) is 0 Å². The van der Waals surface area contributed by atoms with E-state index in [1.165, 1.54) is 0 Å². The van der Waals surface area contributed by atoms with Crippen molar-refractivity contribution in [2.45, 2.75) is 33.2 Å². The summed E-state index contributed by atoms with van der Waals surface area (Å²) in [4.78, 5) is 8.75. The Balaban J connectivity index is 1.92. The van der Waals surface area contributed by atoms with E-state index in [0.717, 1.165) is 42.4 Å². The van der Waals surface area contributed by atoms with Gasteiger partial charge < -0.3 is 9.99 Å². The van der Waals surface area contributed by atoms with Gasteiger partial charge in [0, 0.05) is 25.3 Å². The van der Waals surface area contributed by atoms with Gasteiger partial charge >= 0.3 is 0 Å². The fourth-order valence-electron chi connectivity index (χ4n) is 2.09. The van der Waals surface area contributed by atoms with Crippen LogP contribution in [0.15, 0.2) is 41.7 Å². The van der Waals surface area contributed by atoms with E-state index in [1.807, 2.05) is 35.9 Å². The van der Waals surface area contributed by atoms with Crippen LogP contribution in [-0.4, -0.2) is 39.1 Å². The van der Waals surface area contributed by atoms with Gasteiger partial charge in [0.1, 0.15) is 17.8 Å². The third-order valence-corrected chi connectivity index (χ3v) is 3.35. The van der Waals surface area contributed by atoms with Gasteiger partial charge in [0.05, 0.1) is 0 Å². The summed E-state index contributed by atoms with van der Waals surface area (Å²) >= 11 is 0. The number of nitrogens with one attached hydrogen (secondary N) is 2. The number of hydrogen-bond donors (Lipinski definition) is 2. The number of pyridine rings is 1. The van der Waals surface area contributed by atoms with E-state index in [0.29, 0.717) is 0 Å². The Kier molecular flexibility index (Phi) is 6.62. The fourth-order valence-corrected chi connectivity index (χ4v) is 2.09. The molecule has 2 aromatic heterocycles. The molecule has 7 nitrogen and oxygen atoms in total. The first-order valence-electron chi connectivity index (χ1n) is 8.15. The summed E-state index contributed by atoms with van der Waals surface area (Å²) in [7, 11) is 0. The molecule has 128 valence electrons. The highest BCUT2D eigenvalue weighted by molar-refractivity contribution is 5.77. The van der Waals surface area contributed by atoms with Gasteiger partial charge in [0.25, 0.3) is 0 Å². The van der Waals surface area contributed by atoms with Crippen molar-refractivity contribution in [1.29, 1.82) is 0 Å². The van der Waals surface area contributed by atoms with Crippen LogP contribution in [0, 0.1) is 0 Å². The molecule has 2 rings (SSSR count). The van der Waals surface area contributed by atoms with Gasteiger partial charge in [-0.05, 0) is 44.9 Å². The molecule has 0 saturated heterocycles. The molecule has 0 aliphatic rings. The molecule has 0 fully saturated rings. The first kappa shape index (κ1) is 17.8. The Morgan fingerprint density at radius 1 is 1.42 bits per heavy atom. The number of anilines is 1. The van der Waals surface area contributed by atoms with Crippen molar-refractivity contribution in [3.63, 3.8) is 0 Å². The molecule has 0 saturated carbocycles. The molecule has 0 bridgehead atoms. The lowest BCUT2D eigenvalue weighted by Gasteiger charge is -2.11. The normalized spacial score (nSPS) is 11.3. The Hall–Kier alpha value is -2.54. The second-order valence-electron chi connectivity index (χ2n) is 5.65. The van der Waals surface area contributed by atoms with Gasteiger partial charge in [0.15, 0.2) is 5.82 Å². The zero-order chi connectivity index (χ0) is 17.4. The summed E-state index contributed by atoms with van der Waals surface area (Å²) in [5.74, 6) is 1.50. The fraction of sp³-hybridized carbons (Fsp3) is 0.412. The van der Waals surface area contributed by atoms with Crippen LogP contribution in [-0.2, 0) is 0 Å². The molecule has 0 radical (unpaired) electrons. The van der Waals surface area contributed by atoms with Crippen molar-refractivity contribution in [2.24, 2.45) is 4.99 Å². The van der Waals surface area contributed by atoms with Crippen LogP contribution in [0.3, 0.4) is 0 Å². The summed E-state index contributed by atoms with van der Waals surface area (Å²) in [6, 6.07) is 6.05. The van der Waals surface area contributed by atoms with Crippen molar-refractivity contribution in [3.05, 3.63) is 36.7 Å². The molecule has 0 amide bonds. The molecule has 0 aliphatic carbocycles. The lowest BCUT2D eigenvalue weighted by atomic mass is 10.2. The van der Waals surface area contributed by atoms with Crippen molar-refractivity contribution >= 4 is 12.0 Å². The molecule has 0 unspecified atom stereocenters. The standard InChI is InChI=1S/C17H25N7/c1-5-18-11-14(4)9-10-19-22-16-8-6-7-15(21-16)17-23-20-12-24(17)13(2)3/h6-8,11-13,19H,4-5,9-10H2,1-3H3,(H,21,22)/b18-11-. The SMILES string of the molecule is C=C(/C=N\CC)CCNNc1cccc(-c2nncn2C(C)C)n1. The van der Waals surface area contributed by atoms with Crippen molar-refractivity contribution < 1.29 is 0 Å². The van der Waals surface area contributed by atoms with Gasteiger partial charge in [-0.3, -0.25) is 4.99 Å². The largest absolute Gasteiger partial charge is 0.310 e. The van der Waals surface area contributed by atoms with Crippen LogP contribution < -0.4 is 10.9 Å². The number of aromatic nitrogens is 4. The minimum Gasteiger partial charge on any atom is -0.310 e. The Morgan fingerprint density at radius 2 is 2.25 bits per heavy atom. The van der Waals surface area contributed by atoms with Crippen LogP contribution >= 0.6 is 0 Å². The van der Waals surface area contributed by atoms with Crippen LogP contribution in [0.25, 0.3) is 11.5 Å². The number of rotatable bonds is 9. The molecule has 2 N–H and O–H groups in total. The predicted molar refractivity (Wildman–Crippen MR) is 98.1 cm³/mol. The smallest absolute Gasteiger partial charge is 0.182 e. The van der Waals surface area contributed by atoms with Crippen molar-refractivity contribution in [1.82, 2.24) is 25.2 Å². The summed E-state index contributed by atoms with van der Waals surface area (Å²) in [6.45, 7) is 11.7. The van der Waals surface area contributed by atoms with Gasteiger partial charge in [0.2, 0.25) is 0 Å². The highest BCUT2D eigenvalue weighted by Gasteiger charge is 2.11. The van der Waals surface area contributed by atoms with Crippen molar-refractivity contribution in [3.8, 4) is 11.5 Å². The van der Waals surface area contributed by atoms with E-state index in [1.54, 1.807) is 6.33 Å². The topological polar surface area (TPSA) is 80.0 Å². The Labute approximate surface area is 142 Å². The van der Waals surface area contributed by atoms with Crippen LogP contribution in [0.5, 0.6) is 0 Å². The van der Waals surface area contributed by atoms with Crippen LogP contribution in [0.1, 0.15) is 33.2 Å². The maximum atomic E-state index is 4.58. The molecule has 7 heteroatoms.